The molecule has 2 aromatic carbocycles. The van der Waals surface area contributed by atoms with E-state index in [1.54, 1.807) is 54.6 Å². The van der Waals surface area contributed by atoms with Gasteiger partial charge in [-0.15, -0.1) is 0 Å². The van der Waals surface area contributed by atoms with Gasteiger partial charge in [-0.3, -0.25) is 14.5 Å². The number of carbonyl (C=O) groups is 2. The summed E-state index contributed by atoms with van der Waals surface area (Å²) in [6.07, 6.45) is 3.27. The minimum absolute atomic E-state index is 0.0589. The zero-order valence-corrected chi connectivity index (χ0v) is 16.6. The van der Waals surface area contributed by atoms with Gasteiger partial charge in [0.25, 0.3) is 11.1 Å². The monoisotopic (exact) mass is 406 g/mol. The second kappa shape index (κ2) is 9.13. The van der Waals surface area contributed by atoms with Gasteiger partial charge in [0, 0.05) is 0 Å². The summed E-state index contributed by atoms with van der Waals surface area (Å²) < 4.78 is 10.9. The quantitative estimate of drug-likeness (QED) is 0.502. The molecule has 146 valence electrons. The Balaban J connectivity index is 1.83. The molecule has 1 saturated heterocycles. The summed E-state index contributed by atoms with van der Waals surface area (Å²) in [7, 11) is 1.53. The Morgan fingerprint density at radius 1 is 1.21 bits per heavy atom. The van der Waals surface area contributed by atoms with Crippen molar-refractivity contribution in [3.05, 3.63) is 76.7 Å². The molecule has 0 atom stereocenters. The smallest absolute Gasteiger partial charge is 0.293 e. The van der Waals surface area contributed by atoms with Crippen molar-refractivity contribution in [2.24, 2.45) is 0 Å². The highest BCUT2D eigenvalue weighted by molar-refractivity contribution is 8.18. The van der Waals surface area contributed by atoms with Gasteiger partial charge in [-0.05, 0) is 47.2 Å². The molecule has 1 aliphatic heterocycles. The second-order valence-corrected chi connectivity index (χ2v) is 7.04. The number of benzene rings is 2. The molecule has 0 saturated carbocycles. The maximum Gasteiger partial charge on any atom is 0.293 e. The van der Waals surface area contributed by atoms with Gasteiger partial charge in [0.1, 0.15) is 6.61 Å². The molecular formula is C22H18N2O4S. The average Bonchev–Trinajstić information content (AvgIpc) is 3.00. The van der Waals surface area contributed by atoms with Gasteiger partial charge >= 0.3 is 0 Å². The van der Waals surface area contributed by atoms with Crippen molar-refractivity contribution in [3.8, 4) is 17.6 Å². The lowest BCUT2D eigenvalue weighted by Gasteiger charge is -2.13. The Kier molecular flexibility index (Phi) is 6.37. The van der Waals surface area contributed by atoms with Crippen LogP contribution in [0.3, 0.4) is 0 Å². The van der Waals surface area contributed by atoms with E-state index in [1.165, 1.54) is 7.11 Å². The molecule has 0 bridgehead atoms. The van der Waals surface area contributed by atoms with Crippen molar-refractivity contribution in [2.75, 3.05) is 13.7 Å². The highest BCUT2D eigenvalue weighted by Gasteiger charge is 2.35. The molecule has 29 heavy (non-hydrogen) atoms. The van der Waals surface area contributed by atoms with Crippen molar-refractivity contribution in [1.82, 2.24) is 4.90 Å². The average molecular weight is 406 g/mol. The SMILES string of the molecule is C=CCOc1ccc(/C=C2/SC(=O)N(Cc3ccccc3C#N)C2=O)cc1OC. The van der Waals surface area contributed by atoms with E-state index in [9.17, 15) is 14.9 Å². The number of carbonyl (C=O) groups excluding carboxylic acids is 2. The van der Waals surface area contributed by atoms with Crippen LogP contribution in [0.1, 0.15) is 16.7 Å². The molecule has 0 aliphatic carbocycles. The fourth-order valence-corrected chi connectivity index (χ4v) is 3.61. The molecule has 1 aliphatic rings. The number of hydrogen-bond acceptors (Lipinski definition) is 6. The van der Waals surface area contributed by atoms with Crippen molar-refractivity contribution in [2.45, 2.75) is 6.54 Å². The van der Waals surface area contributed by atoms with Gasteiger partial charge in [-0.25, -0.2) is 0 Å². The van der Waals surface area contributed by atoms with Crippen LogP contribution in [0.25, 0.3) is 6.08 Å². The summed E-state index contributed by atoms with van der Waals surface area (Å²) in [5, 5.41) is 8.85. The summed E-state index contributed by atoms with van der Waals surface area (Å²) in [5.74, 6) is 0.687. The summed E-state index contributed by atoms with van der Waals surface area (Å²) in [4.78, 5) is 26.6. The molecule has 1 fully saturated rings. The largest absolute Gasteiger partial charge is 0.493 e. The van der Waals surface area contributed by atoms with Crippen LogP contribution in [0, 0.1) is 11.3 Å². The predicted octanol–water partition coefficient (Wildman–Crippen LogP) is 4.37. The molecule has 0 radical (unpaired) electrons. The van der Waals surface area contributed by atoms with E-state index in [2.05, 4.69) is 12.6 Å². The van der Waals surface area contributed by atoms with Gasteiger partial charge in [-0.2, -0.15) is 5.26 Å². The minimum atomic E-state index is -0.390. The normalized spacial score (nSPS) is 14.8. The summed E-state index contributed by atoms with van der Waals surface area (Å²) in [6, 6.07) is 14.2. The number of amides is 2. The third-order valence-electron chi connectivity index (χ3n) is 4.18. The van der Waals surface area contributed by atoms with Crippen molar-refractivity contribution < 1.29 is 19.1 Å². The molecule has 1 heterocycles. The third-order valence-corrected chi connectivity index (χ3v) is 5.09. The lowest BCUT2D eigenvalue weighted by molar-refractivity contribution is -0.123. The fraction of sp³-hybridized carbons (Fsp3) is 0.136. The first-order valence-corrected chi connectivity index (χ1v) is 9.54. The van der Waals surface area contributed by atoms with Crippen LogP contribution >= 0.6 is 11.8 Å². The first-order chi connectivity index (χ1) is 14.1. The number of imide groups is 1. The van der Waals surface area contributed by atoms with E-state index in [-0.39, 0.29) is 11.8 Å². The van der Waals surface area contributed by atoms with Gasteiger partial charge in [-0.1, -0.05) is 36.9 Å². The lowest BCUT2D eigenvalue weighted by atomic mass is 10.1. The number of rotatable bonds is 7. The number of ether oxygens (including phenoxy) is 2. The molecule has 3 rings (SSSR count). The molecule has 7 heteroatoms. The second-order valence-electron chi connectivity index (χ2n) is 6.05. The Hall–Kier alpha value is -3.50. The van der Waals surface area contributed by atoms with Crippen molar-refractivity contribution in [1.29, 1.82) is 5.26 Å². The fourth-order valence-electron chi connectivity index (χ4n) is 2.77. The van der Waals surface area contributed by atoms with Crippen LogP contribution < -0.4 is 9.47 Å². The Morgan fingerprint density at radius 2 is 2.00 bits per heavy atom. The first kappa shape index (κ1) is 20.2. The number of methoxy groups -OCH3 is 1. The van der Waals surface area contributed by atoms with Crippen LogP contribution in [0.2, 0.25) is 0 Å². The zero-order valence-electron chi connectivity index (χ0n) is 15.8. The zero-order chi connectivity index (χ0) is 20.8. The molecule has 0 aromatic heterocycles. The third kappa shape index (κ3) is 4.50. The molecule has 0 spiro atoms. The standard InChI is InChI=1S/C22H18N2O4S/c1-3-10-28-18-9-8-15(11-19(18)27-2)12-20-21(25)24(22(26)29-20)14-17-7-5-4-6-16(17)13-23/h3-9,11-12H,1,10,14H2,2H3/b20-12+. The Bertz CT molecular complexity index is 1040. The van der Waals surface area contributed by atoms with Gasteiger partial charge < -0.3 is 9.47 Å². The van der Waals surface area contributed by atoms with E-state index in [0.29, 0.717) is 39.7 Å². The lowest BCUT2D eigenvalue weighted by Crippen LogP contribution is -2.27. The topological polar surface area (TPSA) is 79.6 Å². The molecule has 2 amide bonds. The van der Waals surface area contributed by atoms with Crippen molar-refractivity contribution in [3.63, 3.8) is 0 Å². The van der Waals surface area contributed by atoms with E-state index < -0.39 is 5.91 Å². The van der Waals surface area contributed by atoms with Crippen LogP contribution in [0.5, 0.6) is 11.5 Å². The van der Waals surface area contributed by atoms with Gasteiger partial charge in [0.05, 0.1) is 30.2 Å². The van der Waals surface area contributed by atoms with Crippen LogP contribution in [-0.2, 0) is 11.3 Å². The number of nitriles is 1. The van der Waals surface area contributed by atoms with Gasteiger partial charge in [0.2, 0.25) is 0 Å². The van der Waals surface area contributed by atoms with E-state index in [4.69, 9.17) is 9.47 Å². The van der Waals surface area contributed by atoms with Crippen LogP contribution in [0.4, 0.5) is 4.79 Å². The van der Waals surface area contributed by atoms with Crippen LogP contribution in [-0.4, -0.2) is 29.8 Å². The van der Waals surface area contributed by atoms with Crippen molar-refractivity contribution >= 4 is 29.0 Å². The highest BCUT2D eigenvalue weighted by Crippen LogP contribution is 2.35. The van der Waals surface area contributed by atoms with Gasteiger partial charge in [0.15, 0.2) is 11.5 Å². The summed E-state index contributed by atoms with van der Waals surface area (Å²) in [5.41, 5.74) is 1.77. The number of hydrogen-bond donors (Lipinski definition) is 0. The predicted molar refractivity (Wildman–Crippen MR) is 111 cm³/mol. The van der Waals surface area contributed by atoms with E-state index >= 15 is 0 Å². The molecular weight excluding hydrogens is 388 g/mol. The van der Waals surface area contributed by atoms with Crippen LogP contribution in [0.15, 0.2) is 60.0 Å². The first-order valence-electron chi connectivity index (χ1n) is 8.72. The summed E-state index contributed by atoms with van der Waals surface area (Å²) >= 11 is 0.871. The number of thioether (sulfide) groups is 1. The maximum absolute atomic E-state index is 12.8. The minimum Gasteiger partial charge on any atom is -0.493 e. The molecule has 0 unspecified atom stereocenters. The van der Waals surface area contributed by atoms with E-state index in [0.717, 1.165) is 16.7 Å². The number of nitrogens with zero attached hydrogens (tertiary/aromatic N) is 2. The Labute approximate surface area is 173 Å². The maximum atomic E-state index is 12.8. The Morgan fingerprint density at radius 3 is 2.72 bits per heavy atom. The van der Waals surface area contributed by atoms with E-state index in [1.807, 2.05) is 0 Å². The molecule has 2 aromatic rings. The summed E-state index contributed by atoms with van der Waals surface area (Å²) in [6.45, 7) is 4.02. The highest BCUT2D eigenvalue weighted by atomic mass is 32.2. The molecule has 6 nitrogen and oxygen atoms in total. The molecule has 0 N–H and O–H groups in total.